The Bertz CT molecular complexity index is 109. The normalized spacial score (nSPS) is 8.83. The summed E-state index contributed by atoms with van der Waals surface area (Å²) in [6.07, 6.45) is 4.53. The highest BCUT2D eigenvalue weighted by Gasteiger charge is 1.70. The molecule has 0 saturated carbocycles. The smallest absolute Gasteiger partial charge is 0.131 e. The molecule has 1 aromatic rings. The number of aromatic nitrogens is 2. The van der Waals surface area contributed by atoms with Gasteiger partial charge in [0.2, 0.25) is 0 Å². The fourth-order valence-electron chi connectivity index (χ4n) is 0.259. The second kappa shape index (κ2) is 1.12. The minimum atomic E-state index is 1.14. The summed E-state index contributed by atoms with van der Waals surface area (Å²) in [6.45, 7) is 0. The zero-order valence-electron chi connectivity index (χ0n) is 3.13. The molecule has 0 aromatic carbocycles. The van der Waals surface area contributed by atoms with Crippen LogP contribution in [0.3, 0.4) is 0 Å². The van der Waals surface area contributed by atoms with Crippen molar-refractivity contribution in [2.45, 2.75) is 0 Å². The van der Waals surface area contributed by atoms with Crippen molar-refractivity contribution >= 4 is 0 Å². The quantitative estimate of drug-likeness (QED) is 0.436. The molecule has 6 heavy (non-hydrogen) atoms. The summed E-state index contributed by atoms with van der Waals surface area (Å²) in [4.78, 5) is 3.60. The van der Waals surface area contributed by atoms with Gasteiger partial charge in [-0.15, -0.1) is 0 Å². The van der Waals surface area contributed by atoms with Crippen molar-refractivity contribution in [3.63, 3.8) is 0 Å². The van der Waals surface area contributed by atoms with Crippen LogP contribution >= 0.6 is 0 Å². The molecule has 0 spiro atoms. The summed E-state index contributed by atoms with van der Waals surface area (Å²) in [5.74, 6) is 0. The van der Waals surface area contributed by atoms with Crippen molar-refractivity contribution in [2.24, 2.45) is 0 Å². The van der Waals surface area contributed by atoms with Gasteiger partial charge in [0.15, 0.2) is 0 Å². The van der Waals surface area contributed by atoms with E-state index in [1.54, 1.807) is 12.4 Å². The van der Waals surface area contributed by atoms with Gasteiger partial charge in [0.25, 0.3) is 0 Å². The Balaban J connectivity index is 3.05. The molecule has 0 saturated heterocycles. The number of nitrogens with zero attached hydrogens (tertiary/aromatic N) is 2. The first-order chi connectivity index (χ1) is 2.89. The Morgan fingerprint density at radius 2 is 2.50 bits per heavy atom. The summed E-state index contributed by atoms with van der Waals surface area (Å²) < 4.78 is 1.14. The molecule has 0 bridgehead atoms. The van der Waals surface area contributed by atoms with E-state index in [4.69, 9.17) is 7.05 Å². The van der Waals surface area contributed by atoms with E-state index in [0.29, 0.717) is 0 Å². The van der Waals surface area contributed by atoms with Crippen LogP contribution in [0.1, 0.15) is 0 Å². The topological polar surface area (TPSA) is 17.8 Å². The maximum Gasteiger partial charge on any atom is 0.131 e. The van der Waals surface area contributed by atoms with Gasteiger partial charge in [-0.1, -0.05) is 0 Å². The Morgan fingerprint density at radius 3 is 2.67 bits per heavy atom. The maximum absolute atomic E-state index is 6.73. The van der Waals surface area contributed by atoms with E-state index in [9.17, 15) is 0 Å². The first-order valence-corrected chi connectivity index (χ1v) is 1.59. The molecule has 0 atom stereocenters. The highest BCUT2D eigenvalue weighted by molar-refractivity contribution is 4.74. The second-order valence-corrected chi connectivity index (χ2v) is 0.970. The van der Waals surface area contributed by atoms with Gasteiger partial charge in [-0.05, 0) is 0 Å². The van der Waals surface area contributed by atoms with Crippen LogP contribution in [0.4, 0.5) is 0 Å². The van der Waals surface area contributed by atoms with Crippen LogP contribution in [0.2, 0.25) is 0 Å². The van der Waals surface area contributed by atoms with Crippen molar-refractivity contribution in [1.29, 1.82) is 0 Å². The lowest BCUT2D eigenvalue weighted by molar-refractivity contribution is 1.06. The van der Waals surface area contributed by atoms with Crippen molar-refractivity contribution in [2.75, 3.05) is 0 Å². The van der Waals surface area contributed by atoms with Gasteiger partial charge in [-0.3, -0.25) is 0 Å². The molecule has 0 fully saturated rings. The van der Waals surface area contributed by atoms with Crippen LogP contribution in [0.25, 0.3) is 0 Å². The molecule has 0 N–H and O–H groups in total. The largest absolute Gasteiger partial charge is 0.324 e. The minimum absolute atomic E-state index is 1.14. The van der Waals surface area contributed by atoms with Crippen molar-refractivity contribution in [1.82, 2.24) is 9.55 Å². The average molecular weight is 79.1 g/mol. The summed E-state index contributed by atoms with van der Waals surface area (Å²) in [7, 11) is 6.73. The van der Waals surface area contributed by atoms with Crippen LogP contribution in [0, 0.1) is 7.05 Å². The van der Waals surface area contributed by atoms with Gasteiger partial charge in [0, 0.05) is 12.4 Å². The van der Waals surface area contributed by atoms with Crippen LogP contribution in [0.5, 0.6) is 0 Å². The number of hydrogen-bond donors (Lipinski definition) is 0. The predicted octanol–water partition coefficient (Wildman–Crippen LogP) is 0.277. The molecule has 0 aliphatic rings. The molecule has 0 aliphatic carbocycles. The SMILES string of the molecule is [C]n1ccnc1. The third-order valence-electron chi connectivity index (χ3n) is 0.504. The molecular weight excluding hydrogens is 76.1 g/mol. The fourth-order valence-corrected chi connectivity index (χ4v) is 0.259. The Morgan fingerprint density at radius 1 is 1.67 bits per heavy atom. The van der Waals surface area contributed by atoms with E-state index >= 15 is 0 Å². The molecule has 0 unspecified atom stereocenters. The molecule has 1 rings (SSSR count). The van der Waals surface area contributed by atoms with Crippen molar-refractivity contribution in [3.05, 3.63) is 25.8 Å². The first kappa shape index (κ1) is 3.40. The van der Waals surface area contributed by atoms with E-state index in [1.165, 1.54) is 6.33 Å². The predicted molar refractivity (Wildman–Crippen MR) is 20.9 cm³/mol. The Labute approximate surface area is 36.4 Å². The summed E-state index contributed by atoms with van der Waals surface area (Å²) in [5.41, 5.74) is 0. The van der Waals surface area contributed by atoms with Crippen LogP contribution in [-0.4, -0.2) is 9.55 Å². The Hall–Kier alpha value is -0.790. The van der Waals surface area contributed by atoms with Gasteiger partial charge in [-0.2, -0.15) is 0 Å². The fraction of sp³-hybridized carbons (Fsp3) is 0. The summed E-state index contributed by atoms with van der Waals surface area (Å²) >= 11 is 0. The molecule has 1 heterocycles. The first-order valence-electron chi connectivity index (χ1n) is 1.59. The van der Waals surface area contributed by atoms with Gasteiger partial charge < -0.3 is 4.57 Å². The molecule has 29 valence electrons. The standard InChI is InChI=1S/C4H3N2/c1-6-3-2-5-4-6/h2-4H. The van der Waals surface area contributed by atoms with Crippen LogP contribution in [0.15, 0.2) is 18.7 Å². The van der Waals surface area contributed by atoms with E-state index in [1.807, 2.05) is 0 Å². The molecule has 0 aliphatic heterocycles. The van der Waals surface area contributed by atoms with Gasteiger partial charge in [-0.25, -0.2) is 4.98 Å². The van der Waals surface area contributed by atoms with Gasteiger partial charge >= 0.3 is 0 Å². The van der Waals surface area contributed by atoms with Crippen LogP contribution in [-0.2, 0) is 0 Å². The number of rotatable bonds is 0. The van der Waals surface area contributed by atoms with E-state index in [2.05, 4.69) is 4.98 Å². The average Bonchev–Trinajstić information content (AvgIpc) is 1.86. The number of imidazole rings is 1. The molecule has 1 aromatic heterocycles. The van der Waals surface area contributed by atoms with Crippen LogP contribution < -0.4 is 0 Å². The maximum atomic E-state index is 6.73. The molecule has 3 radical (unpaired) electrons. The molecular formula is C4H3N2. The molecule has 2 nitrogen and oxygen atoms in total. The zero-order valence-corrected chi connectivity index (χ0v) is 3.13. The lowest BCUT2D eigenvalue weighted by Crippen LogP contribution is -1.72. The third kappa shape index (κ3) is 0.407. The lowest BCUT2D eigenvalue weighted by atomic mass is 10.9. The van der Waals surface area contributed by atoms with Crippen molar-refractivity contribution in [3.8, 4) is 0 Å². The van der Waals surface area contributed by atoms with Gasteiger partial charge in [0.1, 0.15) is 7.05 Å². The summed E-state index contributed by atoms with van der Waals surface area (Å²) in [5, 5.41) is 0. The lowest BCUT2D eigenvalue weighted by Gasteiger charge is -1.74. The second-order valence-electron chi connectivity index (χ2n) is 0.970. The highest BCUT2D eigenvalue weighted by Crippen LogP contribution is 1.75. The Kier molecular flexibility index (Phi) is 0.638. The summed E-state index contributed by atoms with van der Waals surface area (Å²) in [6, 6.07) is 0. The molecule has 0 amide bonds. The monoisotopic (exact) mass is 79.0 g/mol. The number of hydrogen-bond acceptors (Lipinski definition) is 1. The van der Waals surface area contributed by atoms with E-state index in [0.717, 1.165) is 4.57 Å². The highest BCUT2D eigenvalue weighted by atomic mass is 15.0. The third-order valence-corrected chi connectivity index (χ3v) is 0.504. The van der Waals surface area contributed by atoms with E-state index in [-0.39, 0.29) is 0 Å². The van der Waals surface area contributed by atoms with Gasteiger partial charge in [0.05, 0.1) is 6.33 Å². The molecule has 2 heteroatoms. The zero-order chi connectivity index (χ0) is 4.41. The van der Waals surface area contributed by atoms with E-state index < -0.39 is 0 Å². The van der Waals surface area contributed by atoms with Crippen molar-refractivity contribution < 1.29 is 0 Å². The minimum Gasteiger partial charge on any atom is -0.324 e.